The van der Waals surface area contributed by atoms with Crippen molar-refractivity contribution in [3.8, 4) is 0 Å². The van der Waals surface area contributed by atoms with Gasteiger partial charge in [-0.3, -0.25) is 4.79 Å². The van der Waals surface area contributed by atoms with Gasteiger partial charge in [0.1, 0.15) is 5.58 Å². The minimum Gasteiger partial charge on any atom is -0.464 e. The number of hydrogen-bond acceptors (Lipinski definition) is 2. The highest BCUT2D eigenvalue weighted by molar-refractivity contribution is 6.44. The Morgan fingerprint density at radius 1 is 1.04 bits per heavy atom. The summed E-state index contributed by atoms with van der Waals surface area (Å²) in [6, 6.07) is 4.87. The van der Waals surface area contributed by atoms with E-state index in [2.05, 4.69) is 5.32 Å². The molecule has 1 N–H and O–H groups in total. The van der Waals surface area contributed by atoms with Gasteiger partial charge in [-0.1, -0.05) is 46.4 Å². The summed E-state index contributed by atoms with van der Waals surface area (Å²) in [4.78, 5) is 12.4. The van der Waals surface area contributed by atoms with Crippen LogP contribution in [0.5, 0.6) is 0 Å². The molecule has 0 fully saturated rings. The smallest absolute Gasteiger partial charge is 0.228 e. The third-order valence-electron chi connectivity index (χ3n) is 3.93. The van der Waals surface area contributed by atoms with Crippen LogP contribution in [0.3, 0.4) is 0 Å². The van der Waals surface area contributed by atoms with E-state index in [-0.39, 0.29) is 12.3 Å². The van der Waals surface area contributed by atoms with Crippen molar-refractivity contribution in [1.29, 1.82) is 0 Å². The fraction of sp³-hybridized carbons (Fsp3) is 0.167. The highest BCUT2D eigenvalue weighted by Crippen LogP contribution is 2.34. The highest BCUT2D eigenvalue weighted by Gasteiger charge is 2.17. The van der Waals surface area contributed by atoms with Gasteiger partial charge >= 0.3 is 0 Å². The molecule has 0 aliphatic rings. The third kappa shape index (κ3) is 3.61. The molecule has 0 aliphatic heterocycles. The maximum Gasteiger partial charge on any atom is 0.228 e. The van der Waals surface area contributed by atoms with E-state index >= 15 is 0 Å². The molecule has 25 heavy (non-hydrogen) atoms. The quantitative estimate of drug-likeness (QED) is 0.474. The molecule has 0 unspecified atom stereocenters. The summed E-state index contributed by atoms with van der Waals surface area (Å²) in [6.45, 7) is 3.82. The number of benzene rings is 2. The number of fused-ring (bicyclic) bond motifs is 1. The van der Waals surface area contributed by atoms with E-state index in [1.165, 1.54) is 12.1 Å². The summed E-state index contributed by atoms with van der Waals surface area (Å²) in [6.07, 6.45) is 1.69. The van der Waals surface area contributed by atoms with Gasteiger partial charge in [-0.15, -0.1) is 0 Å². The first kappa shape index (κ1) is 18.4. The van der Waals surface area contributed by atoms with Gasteiger partial charge in [-0.2, -0.15) is 0 Å². The van der Waals surface area contributed by atoms with E-state index in [1.807, 2.05) is 19.9 Å². The largest absolute Gasteiger partial charge is 0.464 e. The molecule has 2 aromatic carbocycles. The molecule has 0 aliphatic carbocycles. The Kier molecular flexibility index (Phi) is 5.21. The average Bonchev–Trinajstić information content (AvgIpc) is 2.93. The molecule has 0 bridgehead atoms. The van der Waals surface area contributed by atoms with Crippen LogP contribution in [0.15, 0.2) is 28.9 Å². The Balaban J connectivity index is 1.88. The molecular formula is C18H13Cl4NO2. The van der Waals surface area contributed by atoms with Crippen molar-refractivity contribution in [1.82, 2.24) is 0 Å². The van der Waals surface area contributed by atoms with Crippen LogP contribution < -0.4 is 5.32 Å². The van der Waals surface area contributed by atoms with Crippen LogP contribution in [0, 0.1) is 13.8 Å². The number of hydrogen-bond donors (Lipinski definition) is 1. The van der Waals surface area contributed by atoms with Crippen molar-refractivity contribution in [2.45, 2.75) is 20.3 Å². The van der Waals surface area contributed by atoms with E-state index < -0.39 is 0 Å². The van der Waals surface area contributed by atoms with Crippen molar-refractivity contribution < 1.29 is 9.21 Å². The number of halogens is 4. The fourth-order valence-corrected chi connectivity index (χ4v) is 3.47. The van der Waals surface area contributed by atoms with E-state index in [9.17, 15) is 4.79 Å². The lowest BCUT2D eigenvalue weighted by Gasteiger charge is -2.09. The predicted molar refractivity (Wildman–Crippen MR) is 105 cm³/mol. The Labute approximate surface area is 164 Å². The minimum absolute atomic E-state index is 0.115. The van der Waals surface area contributed by atoms with Gasteiger partial charge in [0.25, 0.3) is 0 Å². The number of aryl methyl sites for hydroxylation is 2. The molecule has 7 heteroatoms. The number of nitrogens with one attached hydrogen (secondary N) is 1. The fourth-order valence-electron chi connectivity index (χ4n) is 2.72. The molecule has 3 aromatic rings. The molecule has 3 rings (SSSR count). The van der Waals surface area contributed by atoms with Crippen LogP contribution in [0.4, 0.5) is 5.69 Å². The summed E-state index contributed by atoms with van der Waals surface area (Å²) in [5.41, 5.74) is 3.68. The van der Waals surface area contributed by atoms with Crippen LogP contribution in [-0.2, 0) is 11.2 Å². The zero-order valence-electron chi connectivity index (χ0n) is 13.3. The first-order chi connectivity index (χ1) is 11.8. The Bertz CT molecular complexity index is 995. The SMILES string of the molecule is Cc1cc2occ(CC(=O)Nc3cc(Cl)c(Cl)cc3Cl)c2c(C)c1Cl. The lowest BCUT2D eigenvalue weighted by atomic mass is 10.0. The number of carbonyl (C=O) groups is 1. The van der Waals surface area contributed by atoms with Gasteiger partial charge in [0.2, 0.25) is 5.91 Å². The normalized spacial score (nSPS) is 11.1. The lowest BCUT2D eigenvalue weighted by Crippen LogP contribution is -2.14. The lowest BCUT2D eigenvalue weighted by molar-refractivity contribution is -0.115. The summed E-state index contributed by atoms with van der Waals surface area (Å²) in [5.74, 6) is -0.251. The van der Waals surface area contributed by atoms with Gasteiger partial charge in [0.15, 0.2) is 0 Å². The van der Waals surface area contributed by atoms with Crippen molar-refractivity contribution in [2.24, 2.45) is 0 Å². The van der Waals surface area contributed by atoms with Crippen molar-refractivity contribution in [3.63, 3.8) is 0 Å². The molecule has 0 radical (unpaired) electrons. The second kappa shape index (κ2) is 7.08. The molecule has 1 amide bonds. The number of amides is 1. The van der Waals surface area contributed by atoms with Crippen molar-refractivity contribution in [2.75, 3.05) is 5.32 Å². The molecule has 0 atom stereocenters. The second-order valence-corrected chi connectivity index (χ2v) is 7.34. The third-order valence-corrected chi connectivity index (χ3v) is 5.55. The number of anilines is 1. The zero-order chi connectivity index (χ0) is 18.3. The number of rotatable bonds is 3. The van der Waals surface area contributed by atoms with Gasteiger partial charge in [0, 0.05) is 16.0 Å². The summed E-state index contributed by atoms with van der Waals surface area (Å²) in [5, 5.41) is 5.21. The molecule has 3 nitrogen and oxygen atoms in total. The van der Waals surface area contributed by atoms with Crippen LogP contribution in [0.2, 0.25) is 20.1 Å². The highest BCUT2D eigenvalue weighted by atomic mass is 35.5. The Morgan fingerprint density at radius 3 is 2.44 bits per heavy atom. The van der Waals surface area contributed by atoms with Gasteiger partial charge in [-0.25, -0.2) is 0 Å². The van der Waals surface area contributed by atoms with Crippen LogP contribution in [0.25, 0.3) is 11.0 Å². The van der Waals surface area contributed by atoms with E-state index in [0.29, 0.717) is 31.4 Å². The molecule has 1 aromatic heterocycles. The number of furan rings is 1. The number of carbonyl (C=O) groups excluding carboxylic acids is 1. The first-order valence-electron chi connectivity index (χ1n) is 7.38. The van der Waals surface area contributed by atoms with Gasteiger partial charge in [-0.05, 0) is 43.2 Å². The second-order valence-electron chi connectivity index (χ2n) is 5.74. The van der Waals surface area contributed by atoms with Gasteiger partial charge in [0.05, 0.1) is 33.4 Å². The molecule has 1 heterocycles. The van der Waals surface area contributed by atoms with Crippen molar-refractivity contribution in [3.05, 3.63) is 61.2 Å². The molecule has 0 saturated carbocycles. The van der Waals surface area contributed by atoms with E-state index in [1.54, 1.807) is 6.26 Å². The molecular weight excluding hydrogens is 404 g/mol. The Hall–Kier alpha value is -1.39. The standard InChI is InChI=1S/C18H13Cl4NO2/c1-8-3-15-17(9(2)18(8)22)10(7-25-15)4-16(24)23-14-6-12(20)11(19)5-13(14)21/h3,5-7H,4H2,1-2H3,(H,23,24). The Morgan fingerprint density at radius 2 is 1.72 bits per heavy atom. The maximum atomic E-state index is 12.4. The van der Waals surface area contributed by atoms with Crippen molar-refractivity contribution >= 4 is 69.0 Å². The predicted octanol–water partition coefficient (Wildman–Crippen LogP) is 6.84. The van der Waals surface area contributed by atoms with E-state index in [0.717, 1.165) is 22.1 Å². The molecule has 0 spiro atoms. The van der Waals surface area contributed by atoms with Crippen LogP contribution in [0.1, 0.15) is 16.7 Å². The van der Waals surface area contributed by atoms with E-state index in [4.69, 9.17) is 50.8 Å². The van der Waals surface area contributed by atoms with Crippen LogP contribution in [-0.4, -0.2) is 5.91 Å². The summed E-state index contributed by atoms with van der Waals surface area (Å²) >= 11 is 24.3. The summed E-state index contributed by atoms with van der Waals surface area (Å²) < 4.78 is 5.57. The first-order valence-corrected chi connectivity index (χ1v) is 8.89. The monoisotopic (exact) mass is 415 g/mol. The summed E-state index contributed by atoms with van der Waals surface area (Å²) in [7, 11) is 0. The average molecular weight is 417 g/mol. The maximum absolute atomic E-state index is 12.4. The topological polar surface area (TPSA) is 42.2 Å². The molecule has 130 valence electrons. The molecule has 0 saturated heterocycles. The zero-order valence-corrected chi connectivity index (χ0v) is 16.4. The van der Waals surface area contributed by atoms with Crippen LogP contribution >= 0.6 is 46.4 Å². The minimum atomic E-state index is -0.251. The van der Waals surface area contributed by atoms with Gasteiger partial charge < -0.3 is 9.73 Å².